The molecule has 0 fully saturated rings. The summed E-state index contributed by atoms with van der Waals surface area (Å²) in [5.74, 6) is -1.37. The van der Waals surface area contributed by atoms with E-state index in [1.807, 2.05) is 0 Å². The molecule has 1 aromatic heterocycles. The van der Waals surface area contributed by atoms with Gasteiger partial charge in [0.05, 0.1) is 20.6 Å². The van der Waals surface area contributed by atoms with Crippen LogP contribution >= 0.6 is 26.6 Å². The molecule has 0 atom stereocenters. The maximum absolute atomic E-state index is 14.0. The molecule has 8 nitrogen and oxygen atoms in total. The molecular formula is C18H14BrClFN5O3S. The van der Waals surface area contributed by atoms with E-state index in [0.717, 1.165) is 6.07 Å². The zero-order chi connectivity index (χ0) is 22.1. The number of carbonyl (C=O) groups excluding carboxylic acids is 1. The predicted octanol–water partition coefficient (Wildman–Crippen LogP) is 4.20. The quantitative estimate of drug-likeness (QED) is 0.421. The number of nitrogens with two attached hydrogens (primary N) is 1. The Bertz CT molecular complexity index is 1260. The van der Waals surface area contributed by atoms with Crippen molar-refractivity contribution < 1.29 is 17.6 Å². The number of benzene rings is 2. The van der Waals surface area contributed by atoms with Crippen LogP contribution in [0.4, 0.5) is 27.5 Å². The van der Waals surface area contributed by atoms with E-state index >= 15 is 0 Å². The van der Waals surface area contributed by atoms with Gasteiger partial charge in [-0.1, -0.05) is 12.1 Å². The summed E-state index contributed by atoms with van der Waals surface area (Å²) in [6.07, 6.45) is 1.43. The first-order valence-corrected chi connectivity index (χ1v) is 11.4. The summed E-state index contributed by atoms with van der Waals surface area (Å²) in [4.78, 5) is 20.0. The van der Waals surface area contributed by atoms with Crippen molar-refractivity contribution in [3.05, 3.63) is 64.0 Å². The molecule has 0 saturated carbocycles. The van der Waals surface area contributed by atoms with E-state index in [9.17, 15) is 17.6 Å². The molecular weight excluding hydrogens is 501 g/mol. The summed E-state index contributed by atoms with van der Waals surface area (Å²) in [5.41, 5.74) is 5.89. The van der Waals surface area contributed by atoms with Gasteiger partial charge in [-0.15, -0.1) is 0 Å². The van der Waals surface area contributed by atoms with Crippen LogP contribution in [0.2, 0.25) is 0 Å². The molecule has 2 aromatic carbocycles. The zero-order valence-electron chi connectivity index (χ0n) is 15.3. The van der Waals surface area contributed by atoms with E-state index in [1.54, 1.807) is 13.0 Å². The van der Waals surface area contributed by atoms with E-state index < -0.39 is 20.8 Å². The first kappa shape index (κ1) is 21.9. The second-order valence-corrected chi connectivity index (χ2v) is 9.42. The molecule has 1 amide bonds. The second-order valence-electron chi connectivity index (χ2n) is 6.03. The van der Waals surface area contributed by atoms with Crippen molar-refractivity contribution in [2.45, 2.75) is 11.8 Å². The fourth-order valence-electron chi connectivity index (χ4n) is 2.66. The maximum Gasteiger partial charge on any atom is 0.261 e. The third-order valence-corrected chi connectivity index (χ3v) is 6.10. The van der Waals surface area contributed by atoms with Crippen molar-refractivity contribution in [3.63, 3.8) is 0 Å². The number of amides is 1. The van der Waals surface area contributed by atoms with Crippen LogP contribution in [0.25, 0.3) is 0 Å². The number of nitrogens with one attached hydrogen (secondary N) is 2. The van der Waals surface area contributed by atoms with E-state index in [2.05, 4.69) is 36.5 Å². The summed E-state index contributed by atoms with van der Waals surface area (Å²) in [6, 6.07) is 8.55. The Morgan fingerprint density at radius 1 is 1.17 bits per heavy atom. The van der Waals surface area contributed by atoms with Crippen LogP contribution in [-0.4, -0.2) is 24.3 Å². The number of hydrogen-bond donors (Lipinski definition) is 3. The molecule has 0 saturated heterocycles. The number of hydrogen-bond acceptors (Lipinski definition) is 7. The summed E-state index contributed by atoms with van der Waals surface area (Å²) in [5, 5.41) is 5.76. The Hall–Kier alpha value is -2.76. The average molecular weight is 515 g/mol. The van der Waals surface area contributed by atoms with Crippen molar-refractivity contribution in [1.82, 2.24) is 9.97 Å². The van der Waals surface area contributed by atoms with Crippen LogP contribution in [0.15, 0.2) is 52.0 Å². The molecule has 30 heavy (non-hydrogen) atoms. The number of halogens is 3. The number of rotatable bonds is 6. The summed E-state index contributed by atoms with van der Waals surface area (Å²) in [7, 11) is 1.53. The Labute approximate surface area is 184 Å². The molecule has 0 aliphatic heterocycles. The van der Waals surface area contributed by atoms with Crippen LogP contribution in [0.1, 0.15) is 15.9 Å². The normalized spacial score (nSPS) is 11.2. The highest BCUT2D eigenvalue weighted by Gasteiger charge is 2.18. The monoisotopic (exact) mass is 513 g/mol. The van der Waals surface area contributed by atoms with Crippen LogP contribution in [0.3, 0.4) is 0 Å². The molecule has 1 heterocycles. The topological polar surface area (TPSA) is 127 Å². The fourth-order valence-corrected chi connectivity index (χ4v) is 4.16. The summed E-state index contributed by atoms with van der Waals surface area (Å²) in [6.45, 7) is 1.58. The van der Waals surface area contributed by atoms with Gasteiger partial charge in [0, 0.05) is 22.6 Å². The van der Waals surface area contributed by atoms with Gasteiger partial charge in [0.15, 0.2) is 0 Å². The van der Waals surface area contributed by atoms with E-state index in [4.69, 9.17) is 16.4 Å². The van der Waals surface area contributed by atoms with Crippen molar-refractivity contribution in [2.24, 2.45) is 5.73 Å². The molecule has 0 aliphatic carbocycles. The summed E-state index contributed by atoms with van der Waals surface area (Å²) < 4.78 is 37.8. The van der Waals surface area contributed by atoms with Crippen LogP contribution < -0.4 is 16.4 Å². The molecule has 0 unspecified atom stereocenters. The third kappa shape index (κ3) is 4.69. The molecule has 3 aromatic rings. The Balaban J connectivity index is 1.97. The summed E-state index contributed by atoms with van der Waals surface area (Å²) >= 11 is 3.28. The van der Waals surface area contributed by atoms with Gasteiger partial charge in [0.25, 0.3) is 15.0 Å². The van der Waals surface area contributed by atoms with Gasteiger partial charge in [-0.05, 0) is 52.7 Å². The van der Waals surface area contributed by atoms with Gasteiger partial charge in [0.1, 0.15) is 11.6 Å². The van der Waals surface area contributed by atoms with E-state index in [1.165, 1.54) is 30.5 Å². The van der Waals surface area contributed by atoms with Crippen molar-refractivity contribution in [1.29, 1.82) is 0 Å². The first-order chi connectivity index (χ1) is 14.1. The highest BCUT2D eigenvalue weighted by molar-refractivity contribution is 9.10. The number of carbonyl (C=O) groups is 1. The standard InChI is InChI=1S/C18H14BrClFN5O3S/c1-9-12(5-3-7-14(9)30(20,28)29)25-18-23-8-10(19)17(26-18)24-13-6-2-4-11(21)15(13)16(22)27/h2-8H,1H3,(H2,22,27)(H2,23,24,25,26). The number of aromatic nitrogens is 2. The molecule has 0 bridgehead atoms. The number of nitrogens with zero attached hydrogens (tertiary/aromatic N) is 2. The lowest BCUT2D eigenvalue weighted by atomic mass is 10.1. The largest absolute Gasteiger partial charge is 0.365 e. The number of anilines is 4. The van der Waals surface area contributed by atoms with Gasteiger partial charge in [-0.25, -0.2) is 17.8 Å². The SMILES string of the molecule is Cc1c(Nc2ncc(Br)c(Nc3cccc(F)c3C(N)=O)n2)cccc1S(=O)(=O)Cl. The molecule has 0 radical (unpaired) electrons. The molecule has 156 valence electrons. The Kier molecular flexibility index (Phi) is 6.25. The third-order valence-electron chi connectivity index (χ3n) is 4.05. The van der Waals surface area contributed by atoms with Crippen LogP contribution in [-0.2, 0) is 9.05 Å². The lowest BCUT2D eigenvalue weighted by Gasteiger charge is -2.14. The van der Waals surface area contributed by atoms with E-state index in [-0.39, 0.29) is 27.9 Å². The average Bonchev–Trinajstić information content (AvgIpc) is 2.65. The molecule has 3 rings (SSSR count). The zero-order valence-corrected chi connectivity index (χ0v) is 18.4. The highest BCUT2D eigenvalue weighted by Crippen LogP contribution is 2.30. The minimum atomic E-state index is -3.93. The van der Waals surface area contributed by atoms with Gasteiger partial charge >= 0.3 is 0 Å². The molecule has 0 aliphatic rings. The molecule has 0 spiro atoms. The lowest BCUT2D eigenvalue weighted by Crippen LogP contribution is -2.16. The van der Waals surface area contributed by atoms with E-state index in [0.29, 0.717) is 15.7 Å². The fraction of sp³-hybridized carbons (Fsp3) is 0.0556. The maximum atomic E-state index is 14.0. The molecule has 4 N–H and O–H groups in total. The van der Waals surface area contributed by atoms with Crippen molar-refractivity contribution >= 4 is 64.7 Å². The predicted molar refractivity (Wildman–Crippen MR) is 115 cm³/mol. The van der Waals surface area contributed by atoms with Crippen molar-refractivity contribution in [2.75, 3.05) is 10.6 Å². The lowest BCUT2D eigenvalue weighted by molar-refractivity contribution is 0.0997. The first-order valence-electron chi connectivity index (χ1n) is 8.27. The second kappa shape index (κ2) is 8.54. The van der Waals surface area contributed by atoms with Crippen LogP contribution in [0, 0.1) is 12.7 Å². The smallest absolute Gasteiger partial charge is 0.261 e. The van der Waals surface area contributed by atoms with Gasteiger partial charge < -0.3 is 16.4 Å². The Morgan fingerprint density at radius 2 is 1.83 bits per heavy atom. The highest BCUT2D eigenvalue weighted by atomic mass is 79.9. The van der Waals surface area contributed by atoms with Gasteiger partial charge in [-0.3, -0.25) is 4.79 Å². The van der Waals surface area contributed by atoms with Gasteiger partial charge in [0.2, 0.25) is 5.95 Å². The number of primary amides is 1. The van der Waals surface area contributed by atoms with Crippen molar-refractivity contribution in [3.8, 4) is 0 Å². The Morgan fingerprint density at radius 3 is 2.50 bits per heavy atom. The van der Waals surface area contributed by atoms with Crippen LogP contribution in [0.5, 0.6) is 0 Å². The minimum absolute atomic E-state index is 0.0458. The molecule has 12 heteroatoms. The van der Waals surface area contributed by atoms with Gasteiger partial charge in [-0.2, -0.15) is 4.98 Å². The minimum Gasteiger partial charge on any atom is -0.365 e.